The molecule has 11 heteroatoms. The minimum absolute atomic E-state index is 0.0644. The van der Waals surface area contributed by atoms with Gasteiger partial charge in [-0.15, -0.1) is 0 Å². The van der Waals surface area contributed by atoms with E-state index in [9.17, 15) is 34.8 Å². The minimum Gasteiger partial charge on any atom is -0.299 e. The number of sulfone groups is 1. The molecule has 0 fully saturated rings. The van der Waals surface area contributed by atoms with Gasteiger partial charge in [0.25, 0.3) is 0 Å². The van der Waals surface area contributed by atoms with Crippen LogP contribution < -0.4 is 0 Å². The van der Waals surface area contributed by atoms with Crippen LogP contribution in [0, 0.1) is 0 Å². The molecular weight excluding hydrogens is 494 g/mol. The molecule has 1 heterocycles. The van der Waals surface area contributed by atoms with Crippen molar-refractivity contribution in [3.05, 3.63) is 90.3 Å². The topological polar surface area (TPSA) is 52.0 Å². The molecule has 0 saturated carbocycles. The lowest BCUT2D eigenvalue weighted by Gasteiger charge is -2.14. The molecule has 0 N–H and O–H groups in total. The number of rotatable bonds is 4. The average molecular weight is 510 g/mol. The van der Waals surface area contributed by atoms with Crippen molar-refractivity contribution >= 4 is 9.84 Å². The van der Waals surface area contributed by atoms with E-state index in [0.29, 0.717) is 17.3 Å². The zero-order valence-corrected chi connectivity index (χ0v) is 18.7. The summed E-state index contributed by atoms with van der Waals surface area (Å²) in [6.45, 7) is 0. The van der Waals surface area contributed by atoms with Crippen molar-refractivity contribution in [2.45, 2.75) is 17.2 Å². The maximum Gasteiger partial charge on any atom is 0.434 e. The van der Waals surface area contributed by atoms with Crippen LogP contribution in [0.25, 0.3) is 28.2 Å². The number of nitrogens with zero attached hydrogens (tertiary/aromatic N) is 2. The van der Waals surface area contributed by atoms with E-state index in [-0.39, 0.29) is 10.6 Å². The van der Waals surface area contributed by atoms with Crippen molar-refractivity contribution in [3.8, 4) is 28.2 Å². The summed E-state index contributed by atoms with van der Waals surface area (Å²) in [5.74, 6) is -0.533. The zero-order chi connectivity index (χ0) is 25.6. The van der Waals surface area contributed by atoms with Gasteiger partial charge in [0.1, 0.15) is 5.82 Å². The Morgan fingerprint density at radius 1 is 0.743 bits per heavy atom. The van der Waals surface area contributed by atoms with Crippen molar-refractivity contribution in [3.63, 3.8) is 0 Å². The quantitative estimate of drug-likeness (QED) is 0.289. The van der Waals surface area contributed by atoms with Gasteiger partial charge in [-0.1, -0.05) is 48.5 Å². The number of hydrogen-bond donors (Lipinski definition) is 0. The second-order valence-electron chi connectivity index (χ2n) is 7.68. The smallest absolute Gasteiger partial charge is 0.299 e. The van der Waals surface area contributed by atoms with E-state index in [1.165, 1.54) is 36.4 Å². The Morgan fingerprint density at radius 2 is 1.31 bits per heavy atom. The summed E-state index contributed by atoms with van der Waals surface area (Å²) >= 11 is 0. The van der Waals surface area contributed by atoms with Crippen molar-refractivity contribution in [1.82, 2.24) is 9.55 Å². The van der Waals surface area contributed by atoms with Gasteiger partial charge in [-0.3, -0.25) is 4.57 Å². The molecule has 0 aliphatic carbocycles. The van der Waals surface area contributed by atoms with E-state index in [0.717, 1.165) is 29.0 Å². The zero-order valence-electron chi connectivity index (χ0n) is 17.9. The lowest BCUT2D eigenvalue weighted by atomic mass is 10.0. The fourth-order valence-electron chi connectivity index (χ4n) is 3.66. The summed E-state index contributed by atoms with van der Waals surface area (Å²) in [4.78, 5) is 3.55. The Balaban J connectivity index is 1.88. The molecule has 0 spiro atoms. The van der Waals surface area contributed by atoms with Crippen LogP contribution >= 0.6 is 0 Å². The highest BCUT2D eigenvalue weighted by atomic mass is 32.2. The molecule has 4 rings (SSSR count). The van der Waals surface area contributed by atoms with Gasteiger partial charge >= 0.3 is 12.4 Å². The van der Waals surface area contributed by atoms with E-state index in [1.807, 2.05) is 0 Å². The molecule has 35 heavy (non-hydrogen) atoms. The summed E-state index contributed by atoms with van der Waals surface area (Å²) in [5, 5.41) is 0. The van der Waals surface area contributed by atoms with Crippen molar-refractivity contribution < 1.29 is 34.8 Å². The number of imidazole rings is 1. The van der Waals surface area contributed by atoms with Crippen LogP contribution in [0.5, 0.6) is 0 Å². The number of alkyl halides is 6. The predicted octanol–water partition coefficient (Wildman–Crippen LogP) is 6.65. The third-order valence-corrected chi connectivity index (χ3v) is 6.37. The SMILES string of the molecule is CS(=O)(=O)c1ccccc1-c1ccc(-n2cc(C(F)(F)F)nc2-c2ccccc2C(F)(F)F)cc1. The van der Waals surface area contributed by atoms with E-state index < -0.39 is 44.8 Å². The normalized spacial score (nSPS) is 12.7. The second kappa shape index (κ2) is 8.56. The van der Waals surface area contributed by atoms with Crippen LogP contribution in [-0.2, 0) is 22.2 Å². The van der Waals surface area contributed by atoms with Gasteiger partial charge < -0.3 is 0 Å². The van der Waals surface area contributed by atoms with Crippen molar-refractivity contribution in [2.24, 2.45) is 0 Å². The molecule has 3 aromatic carbocycles. The van der Waals surface area contributed by atoms with Crippen LogP contribution in [-0.4, -0.2) is 24.2 Å². The number of halogens is 6. The largest absolute Gasteiger partial charge is 0.434 e. The Labute approximate surface area is 196 Å². The van der Waals surface area contributed by atoms with Gasteiger partial charge in [-0.2, -0.15) is 26.3 Å². The fraction of sp³-hybridized carbons (Fsp3) is 0.125. The average Bonchev–Trinajstić information content (AvgIpc) is 3.24. The highest BCUT2D eigenvalue weighted by molar-refractivity contribution is 7.90. The van der Waals surface area contributed by atoms with Gasteiger partial charge in [0.15, 0.2) is 15.5 Å². The van der Waals surface area contributed by atoms with E-state index in [4.69, 9.17) is 0 Å². The highest BCUT2D eigenvalue weighted by Gasteiger charge is 2.38. The molecule has 0 amide bonds. The monoisotopic (exact) mass is 510 g/mol. The second-order valence-corrected chi connectivity index (χ2v) is 9.66. The van der Waals surface area contributed by atoms with Crippen LogP contribution in [0.15, 0.2) is 83.9 Å². The molecule has 0 saturated heterocycles. The molecule has 182 valence electrons. The van der Waals surface area contributed by atoms with Gasteiger partial charge in [0.05, 0.1) is 10.5 Å². The minimum atomic E-state index is -4.89. The number of aromatic nitrogens is 2. The van der Waals surface area contributed by atoms with Gasteiger partial charge in [-0.25, -0.2) is 13.4 Å². The highest BCUT2D eigenvalue weighted by Crippen LogP contribution is 2.39. The van der Waals surface area contributed by atoms with Gasteiger partial charge in [-0.05, 0) is 29.8 Å². The molecule has 0 unspecified atom stereocenters. The van der Waals surface area contributed by atoms with Crippen molar-refractivity contribution in [1.29, 1.82) is 0 Å². The lowest BCUT2D eigenvalue weighted by molar-refractivity contribution is -0.140. The molecule has 0 bridgehead atoms. The molecule has 0 aliphatic rings. The number of benzene rings is 3. The van der Waals surface area contributed by atoms with Gasteiger partial charge in [0.2, 0.25) is 0 Å². The maximum atomic E-state index is 13.6. The van der Waals surface area contributed by atoms with E-state index in [1.54, 1.807) is 18.2 Å². The van der Waals surface area contributed by atoms with E-state index >= 15 is 0 Å². The molecule has 4 aromatic rings. The first kappa shape index (κ1) is 24.5. The maximum absolute atomic E-state index is 13.6. The van der Waals surface area contributed by atoms with Gasteiger partial charge in [0, 0.05) is 29.3 Å². The summed E-state index contributed by atoms with van der Waals surface area (Å²) < 4.78 is 106. The standard InChI is InChI=1S/C24H16F6N2O2S/c1-35(33,34)20-9-5-3-6-17(20)15-10-12-16(13-11-15)32-14-21(24(28,29)30)31-22(32)18-7-2-4-8-19(18)23(25,26)27/h2-14H,1H3. The third kappa shape index (κ3) is 4.95. The first-order valence-corrected chi connectivity index (χ1v) is 11.9. The molecule has 1 aromatic heterocycles. The summed E-state index contributed by atoms with van der Waals surface area (Å²) in [6, 6.07) is 16.2. The first-order chi connectivity index (χ1) is 16.3. The third-order valence-electron chi connectivity index (χ3n) is 5.21. The predicted molar refractivity (Wildman–Crippen MR) is 118 cm³/mol. The van der Waals surface area contributed by atoms with Crippen molar-refractivity contribution in [2.75, 3.05) is 6.26 Å². The van der Waals surface area contributed by atoms with E-state index in [2.05, 4.69) is 4.98 Å². The lowest BCUT2D eigenvalue weighted by Crippen LogP contribution is -2.09. The molecule has 0 atom stereocenters. The Morgan fingerprint density at radius 3 is 1.89 bits per heavy atom. The molecule has 0 aliphatic heterocycles. The van der Waals surface area contributed by atoms with Crippen LogP contribution in [0.3, 0.4) is 0 Å². The molecular formula is C24H16F6N2O2S. The number of hydrogen-bond acceptors (Lipinski definition) is 3. The first-order valence-electron chi connectivity index (χ1n) is 10.00. The van der Waals surface area contributed by atoms with Crippen LogP contribution in [0.4, 0.5) is 26.3 Å². The Hall–Kier alpha value is -3.60. The van der Waals surface area contributed by atoms with Crippen LogP contribution in [0.2, 0.25) is 0 Å². The Kier molecular flexibility index (Phi) is 6.00. The summed E-state index contributed by atoms with van der Waals surface area (Å²) in [6.07, 6.45) is -8.02. The van der Waals surface area contributed by atoms with Crippen LogP contribution in [0.1, 0.15) is 11.3 Å². The molecule has 4 nitrogen and oxygen atoms in total. The summed E-state index contributed by atoms with van der Waals surface area (Å²) in [7, 11) is -3.57. The Bertz CT molecular complexity index is 1490. The summed E-state index contributed by atoms with van der Waals surface area (Å²) in [5.41, 5.74) is -2.04. The fourth-order valence-corrected chi connectivity index (χ4v) is 4.57. The molecule has 0 radical (unpaired) electrons.